The molecule has 3 aromatic rings. The van der Waals surface area contributed by atoms with E-state index in [2.05, 4.69) is 16.0 Å². The van der Waals surface area contributed by atoms with E-state index in [1.54, 1.807) is 11.0 Å². The second-order valence-electron chi connectivity index (χ2n) is 9.42. The van der Waals surface area contributed by atoms with Crippen LogP contribution < -0.4 is 21.1 Å². The molecule has 3 N–H and O–H groups in total. The average molecular weight is 538 g/mol. The first-order valence-corrected chi connectivity index (χ1v) is 13.1. The zero-order valence-corrected chi connectivity index (χ0v) is 21.9. The molecule has 11 nitrogen and oxygen atoms in total. The molecule has 1 aliphatic heterocycles. The molecule has 0 aliphatic carbocycles. The van der Waals surface area contributed by atoms with Gasteiger partial charge in [0, 0.05) is 55.4 Å². The van der Waals surface area contributed by atoms with Crippen LogP contribution in [0.15, 0.2) is 59.8 Å². The lowest BCUT2D eigenvalue weighted by molar-refractivity contribution is -0.137. The summed E-state index contributed by atoms with van der Waals surface area (Å²) < 4.78 is 12.1. The maximum absolute atomic E-state index is 13.9. The zero-order valence-electron chi connectivity index (χ0n) is 21.9. The Morgan fingerprint density at radius 2 is 1.87 bits per heavy atom. The third-order valence-electron chi connectivity index (χ3n) is 6.70. The number of piperidine rings is 1. The summed E-state index contributed by atoms with van der Waals surface area (Å²) in [4.78, 5) is 45.7. The van der Waals surface area contributed by atoms with Crippen molar-refractivity contribution in [1.29, 1.82) is 0 Å². The number of fused-ring (bicyclic) bond motifs is 1. The number of carboxylic acid groups (broad SMARTS) is 1. The highest BCUT2D eigenvalue weighted by atomic mass is 16.5. The van der Waals surface area contributed by atoms with Crippen LogP contribution in [0.25, 0.3) is 10.8 Å². The Morgan fingerprint density at radius 3 is 2.67 bits per heavy atom. The molecule has 1 fully saturated rings. The Morgan fingerprint density at radius 1 is 1.08 bits per heavy atom. The Hall–Kier alpha value is -3.80. The lowest BCUT2D eigenvalue weighted by Crippen LogP contribution is -2.46. The summed E-state index contributed by atoms with van der Waals surface area (Å²) in [7, 11) is 0. The van der Waals surface area contributed by atoms with Crippen molar-refractivity contribution in [3.8, 4) is 0 Å². The molecule has 4 rings (SSSR count). The molecule has 1 aliphatic rings. The molecule has 1 saturated heterocycles. The van der Waals surface area contributed by atoms with E-state index >= 15 is 0 Å². The number of ether oxygens (including phenoxy) is 2. The van der Waals surface area contributed by atoms with Crippen LogP contribution in [0.3, 0.4) is 0 Å². The van der Waals surface area contributed by atoms with E-state index in [1.165, 1.54) is 12.3 Å². The summed E-state index contributed by atoms with van der Waals surface area (Å²) in [6, 6.07) is 10.9. The minimum atomic E-state index is -1.14. The van der Waals surface area contributed by atoms with Crippen LogP contribution in [0.1, 0.15) is 12.8 Å². The zero-order chi connectivity index (χ0) is 27.6. The number of pyridine rings is 2. The summed E-state index contributed by atoms with van der Waals surface area (Å²) in [5, 5.41) is 11.3. The normalized spacial score (nSPS) is 15.4. The van der Waals surface area contributed by atoms with Gasteiger partial charge in [-0.25, -0.2) is 0 Å². The number of aliphatic carboxylic acids is 1. The van der Waals surface area contributed by atoms with E-state index in [9.17, 15) is 19.5 Å². The largest absolute Gasteiger partial charge is 0.480 e. The number of carboxylic acids is 1. The highest BCUT2D eigenvalue weighted by molar-refractivity contribution is 5.96. The van der Waals surface area contributed by atoms with Gasteiger partial charge in [-0.3, -0.25) is 19.4 Å². The van der Waals surface area contributed by atoms with Crippen LogP contribution in [0.5, 0.6) is 0 Å². The predicted molar refractivity (Wildman–Crippen MR) is 148 cm³/mol. The van der Waals surface area contributed by atoms with Crippen LogP contribution in [-0.2, 0) is 25.6 Å². The van der Waals surface area contributed by atoms with Crippen molar-refractivity contribution in [3.63, 3.8) is 0 Å². The van der Waals surface area contributed by atoms with Crippen molar-refractivity contribution < 1.29 is 24.2 Å². The summed E-state index contributed by atoms with van der Waals surface area (Å²) in [6.07, 6.45) is 6.65. The fraction of sp³-hybridized carbons (Fsp3) is 0.429. The minimum absolute atomic E-state index is 0.101. The SMILES string of the molecule is NCCOCCOCCN(C(=O)[C@H]1CCCN(c2cncc3ccccc23)C1)c1ccc(=O)n(CC(=O)O)c1. The molecule has 0 saturated carbocycles. The number of hydrogen-bond donors (Lipinski definition) is 2. The molecular formula is C28H35N5O6. The molecule has 0 bridgehead atoms. The quantitative estimate of drug-likeness (QED) is 0.312. The van der Waals surface area contributed by atoms with Crippen molar-refractivity contribution in [2.24, 2.45) is 11.7 Å². The average Bonchev–Trinajstić information content (AvgIpc) is 2.95. The minimum Gasteiger partial charge on any atom is -0.480 e. The maximum Gasteiger partial charge on any atom is 0.323 e. The third kappa shape index (κ3) is 7.41. The molecule has 1 amide bonds. The molecule has 0 unspecified atom stereocenters. The third-order valence-corrected chi connectivity index (χ3v) is 6.70. The predicted octanol–water partition coefficient (Wildman–Crippen LogP) is 1.72. The van der Waals surface area contributed by atoms with Gasteiger partial charge in [0.05, 0.1) is 49.9 Å². The second-order valence-corrected chi connectivity index (χ2v) is 9.42. The van der Waals surface area contributed by atoms with Crippen LogP contribution >= 0.6 is 0 Å². The van der Waals surface area contributed by atoms with Gasteiger partial charge in [-0.1, -0.05) is 24.3 Å². The maximum atomic E-state index is 13.9. The van der Waals surface area contributed by atoms with Crippen LogP contribution in [-0.4, -0.2) is 79.1 Å². The smallest absolute Gasteiger partial charge is 0.323 e. The van der Waals surface area contributed by atoms with E-state index in [1.807, 2.05) is 30.6 Å². The van der Waals surface area contributed by atoms with Gasteiger partial charge in [0.25, 0.3) is 5.56 Å². The number of anilines is 2. The monoisotopic (exact) mass is 537 g/mol. The van der Waals surface area contributed by atoms with E-state index < -0.39 is 18.1 Å². The van der Waals surface area contributed by atoms with E-state index in [4.69, 9.17) is 15.2 Å². The van der Waals surface area contributed by atoms with Crippen LogP contribution in [0.4, 0.5) is 11.4 Å². The van der Waals surface area contributed by atoms with Crippen molar-refractivity contribution >= 4 is 34.0 Å². The van der Waals surface area contributed by atoms with E-state index in [-0.39, 0.29) is 25.0 Å². The topological polar surface area (TPSA) is 140 Å². The van der Waals surface area contributed by atoms with Gasteiger partial charge >= 0.3 is 5.97 Å². The Labute approximate surface area is 226 Å². The number of carbonyl (C=O) groups excluding carboxylic acids is 1. The molecule has 1 aromatic carbocycles. The molecule has 11 heteroatoms. The number of nitrogens with two attached hydrogens (primary N) is 1. The van der Waals surface area contributed by atoms with Crippen molar-refractivity contribution in [2.45, 2.75) is 19.4 Å². The van der Waals surface area contributed by atoms with Gasteiger partial charge in [0.1, 0.15) is 6.54 Å². The van der Waals surface area contributed by atoms with Gasteiger partial charge in [0.2, 0.25) is 5.91 Å². The highest BCUT2D eigenvalue weighted by Gasteiger charge is 2.31. The highest BCUT2D eigenvalue weighted by Crippen LogP contribution is 2.30. The number of hydrogen-bond acceptors (Lipinski definition) is 8. The second kappa shape index (κ2) is 13.8. The first-order chi connectivity index (χ1) is 19.0. The summed E-state index contributed by atoms with van der Waals surface area (Å²) in [5.74, 6) is -1.54. The van der Waals surface area contributed by atoms with E-state index in [0.717, 1.165) is 34.0 Å². The molecule has 0 spiro atoms. The first kappa shape index (κ1) is 28.2. The van der Waals surface area contributed by atoms with Gasteiger partial charge in [0.15, 0.2) is 0 Å². The van der Waals surface area contributed by atoms with Crippen molar-refractivity contribution in [2.75, 3.05) is 62.4 Å². The Bertz CT molecular complexity index is 1320. The fourth-order valence-electron chi connectivity index (χ4n) is 4.85. The van der Waals surface area contributed by atoms with Crippen molar-refractivity contribution in [3.05, 3.63) is 65.3 Å². The van der Waals surface area contributed by atoms with Gasteiger partial charge in [-0.05, 0) is 18.9 Å². The summed E-state index contributed by atoms with van der Waals surface area (Å²) >= 11 is 0. The summed E-state index contributed by atoms with van der Waals surface area (Å²) in [5.41, 5.74) is 6.42. The summed E-state index contributed by atoms with van der Waals surface area (Å²) in [6.45, 7) is 2.96. The Balaban J connectivity index is 1.53. The first-order valence-electron chi connectivity index (χ1n) is 13.1. The number of carbonyl (C=O) groups is 2. The van der Waals surface area contributed by atoms with Gasteiger partial charge in [-0.15, -0.1) is 0 Å². The lowest BCUT2D eigenvalue weighted by Gasteiger charge is -2.36. The number of aromatic nitrogens is 2. The number of amides is 1. The molecule has 3 heterocycles. The standard InChI is InChI=1S/C28H35N5O6/c29-9-12-38-14-15-39-13-11-33(23-7-8-26(34)32(19-23)20-27(35)36)28(37)22-5-3-10-31(18-22)25-17-30-16-21-4-1-2-6-24(21)25/h1-2,4,6-8,16-17,19,22H,3,5,9-15,18,20,29H2,(H,35,36)/t22-/m0/s1. The molecule has 0 radical (unpaired) electrons. The number of benzene rings is 1. The van der Waals surface area contributed by atoms with Crippen molar-refractivity contribution in [1.82, 2.24) is 9.55 Å². The lowest BCUT2D eigenvalue weighted by atomic mass is 9.95. The number of nitrogens with zero attached hydrogens (tertiary/aromatic N) is 4. The van der Waals surface area contributed by atoms with Gasteiger partial charge in [-0.2, -0.15) is 0 Å². The van der Waals surface area contributed by atoms with Crippen LogP contribution in [0.2, 0.25) is 0 Å². The molecular weight excluding hydrogens is 502 g/mol. The van der Waals surface area contributed by atoms with E-state index in [0.29, 0.717) is 45.0 Å². The Kier molecular flexibility index (Phi) is 10.0. The molecule has 1 atom stereocenters. The molecule has 208 valence electrons. The van der Waals surface area contributed by atoms with Crippen LogP contribution in [0, 0.1) is 5.92 Å². The molecule has 2 aromatic heterocycles. The fourth-order valence-corrected chi connectivity index (χ4v) is 4.85. The number of rotatable bonds is 13. The molecule has 39 heavy (non-hydrogen) atoms. The van der Waals surface area contributed by atoms with Gasteiger partial charge < -0.3 is 34.7 Å².